The van der Waals surface area contributed by atoms with Gasteiger partial charge in [0.15, 0.2) is 5.02 Å². The molecule has 17 heavy (non-hydrogen) atoms. The van der Waals surface area contributed by atoms with Crippen LogP contribution in [0.25, 0.3) is 0 Å². The average molecular weight is 262 g/mol. The molecule has 0 fully saturated rings. The van der Waals surface area contributed by atoms with Crippen LogP contribution in [-0.4, -0.2) is 17.5 Å². The highest BCUT2D eigenvalue weighted by Gasteiger charge is 2.23. The van der Waals surface area contributed by atoms with Crippen molar-refractivity contribution in [2.45, 2.75) is 13.3 Å². The third-order valence-electron chi connectivity index (χ3n) is 1.98. The highest BCUT2D eigenvalue weighted by molar-refractivity contribution is 6.33. The van der Waals surface area contributed by atoms with Crippen molar-refractivity contribution in [2.24, 2.45) is 0 Å². The van der Waals surface area contributed by atoms with Gasteiger partial charge in [0.25, 0.3) is 5.69 Å². The fourth-order valence-electron chi connectivity index (χ4n) is 1.29. The van der Waals surface area contributed by atoms with Crippen LogP contribution in [-0.2, 0) is 16.0 Å². The molecule has 92 valence electrons. The van der Waals surface area contributed by atoms with E-state index in [0.29, 0.717) is 0 Å². The molecular formula is C10H9ClFNO4. The molecule has 0 aliphatic rings. The number of hydrogen-bond donors (Lipinski definition) is 0. The zero-order chi connectivity index (χ0) is 13.0. The third-order valence-corrected chi connectivity index (χ3v) is 2.33. The summed E-state index contributed by atoms with van der Waals surface area (Å²) < 4.78 is 17.7. The predicted octanol–water partition coefficient (Wildman–Crippen LogP) is 2.49. The summed E-state index contributed by atoms with van der Waals surface area (Å²) in [6.45, 7) is 1.78. The molecule has 0 saturated carbocycles. The highest BCUT2D eigenvalue weighted by atomic mass is 35.5. The van der Waals surface area contributed by atoms with E-state index < -0.39 is 27.4 Å². The van der Waals surface area contributed by atoms with E-state index >= 15 is 0 Å². The van der Waals surface area contributed by atoms with Gasteiger partial charge in [-0.2, -0.15) is 0 Å². The summed E-state index contributed by atoms with van der Waals surface area (Å²) in [4.78, 5) is 21.1. The number of carbonyl (C=O) groups excluding carboxylic acids is 1. The Bertz CT molecular complexity index is 464. The van der Waals surface area contributed by atoms with Crippen LogP contribution in [0.4, 0.5) is 10.1 Å². The van der Waals surface area contributed by atoms with Gasteiger partial charge >= 0.3 is 5.97 Å². The van der Waals surface area contributed by atoms with E-state index in [1.807, 2.05) is 0 Å². The van der Waals surface area contributed by atoms with E-state index in [9.17, 15) is 19.3 Å². The molecule has 0 heterocycles. The summed E-state index contributed by atoms with van der Waals surface area (Å²) in [7, 11) is 0. The molecule has 0 amide bonds. The Labute approximate surface area is 101 Å². The Morgan fingerprint density at radius 1 is 1.59 bits per heavy atom. The molecule has 0 N–H and O–H groups in total. The van der Waals surface area contributed by atoms with Crippen LogP contribution in [0.3, 0.4) is 0 Å². The number of nitro benzene ring substituents is 1. The van der Waals surface area contributed by atoms with Crippen LogP contribution >= 0.6 is 11.6 Å². The van der Waals surface area contributed by atoms with Gasteiger partial charge in [0, 0.05) is 5.56 Å². The molecule has 0 aliphatic carbocycles. The fraction of sp³-hybridized carbons (Fsp3) is 0.300. The zero-order valence-electron chi connectivity index (χ0n) is 8.91. The molecule has 0 saturated heterocycles. The first kappa shape index (κ1) is 13.4. The second-order valence-electron chi connectivity index (χ2n) is 3.11. The lowest BCUT2D eigenvalue weighted by atomic mass is 10.1. The number of rotatable bonds is 4. The number of esters is 1. The maximum absolute atomic E-state index is 13.1. The molecular weight excluding hydrogens is 253 g/mol. The van der Waals surface area contributed by atoms with Crippen LogP contribution in [0.15, 0.2) is 12.1 Å². The van der Waals surface area contributed by atoms with E-state index in [4.69, 9.17) is 11.6 Å². The van der Waals surface area contributed by atoms with E-state index in [2.05, 4.69) is 4.74 Å². The van der Waals surface area contributed by atoms with Crippen molar-refractivity contribution in [3.63, 3.8) is 0 Å². The van der Waals surface area contributed by atoms with Crippen LogP contribution in [0.1, 0.15) is 12.5 Å². The maximum atomic E-state index is 13.1. The Morgan fingerprint density at radius 3 is 2.76 bits per heavy atom. The summed E-state index contributed by atoms with van der Waals surface area (Å²) in [5.41, 5.74) is -0.570. The molecule has 0 aliphatic heterocycles. The van der Waals surface area contributed by atoms with Crippen LogP contribution in [0.2, 0.25) is 5.02 Å². The number of carbonyl (C=O) groups is 1. The van der Waals surface area contributed by atoms with Crippen molar-refractivity contribution in [1.82, 2.24) is 0 Å². The molecule has 1 aromatic carbocycles. The number of halogens is 2. The van der Waals surface area contributed by atoms with Crippen molar-refractivity contribution in [3.05, 3.63) is 38.7 Å². The van der Waals surface area contributed by atoms with Crippen molar-refractivity contribution >= 4 is 23.3 Å². The zero-order valence-corrected chi connectivity index (χ0v) is 9.66. The number of nitrogens with zero attached hydrogens (tertiary/aromatic N) is 1. The normalized spacial score (nSPS) is 10.1. The molecule has 0 atom stereocenters. The fourth-order valence-corrected chi connectivity index (χ4v) is 1.54. The molecule has 0 bridgehead atoms. The number of hydrogen-bond acceptors (Lipinski definition) is 4. The third kappa shape index (κ3) is 3.13. The lowest BCUT2D eigenvalue weighted by Crippen LogP contribution is -2.09. The van der Waals surface area contributed by atoms with Gasteiger partial charge in [-0.3, -0.25) is 14.9 Å². The molecule has 7 heteroatoms. The van der Waals surface area contributed by atoms with Gasteiger partial charge in [0.1, 0.15) is 5.82 Å². The van der Waals surface area contributed by atoms with Gasteiger partial charge in [0.05, 0.1) is 18.0 Å². The Kier molecular flexibility index (Phi) is 4.39. The number of ether oxygens (including phenoxy) is 1. The standard InChI is InChI=1S/C10H9ClFNO4/c1-2-17-8(14)5-6-3-4-7(12)9(11)10(6)13(15)16/h3-4H,2,5H2,1H3. The minimum atomic E-state index is -0.897. The van der Waals surface area contributed by atoms with E-state index in [-0.39, 0.29) is 18.6 Å². The monoisotopic (exact) mass is 261 g/mol. The van der Waals surface area contributed by atoms with E-state index in [0.717, 1.165) is 12.1 Å². The lowest BCUT2D eigenvalue weighted by Gasteiger charge is -2.05. The molecule has 0 aromatic heterocycles. The number of nitro groups is 1. The molecule has 0 unspecified atom stereocenters. The van der Waals surface area contributed by atoms with Gasteiger partial charge in [-0.25, -0.2) is 4.39 Å². The van der Waals surface area contributed by atoms with Crippen molar-refractivity contribution in [2.75, 3.05) is 6.61 Å². The van der Waals surface area contributed by atoms with E-state index in [1.54, 1.807) is 6.92 Å². The second-order valence-corrected chi connectivity index (χ2v) is 3.49. The highest BCUT2D eigenvalue weighted by Crippen LogP contribution is 2.31. The largest absolute Gasteiger partial charge is 0.466 e. The Hall–Kier alpha value is -1.69. The van der Waals surface area contributed by atoms with Gasteiger partial charge in [0.2, 0.25) is 0 Å². The lowest BCUT2D eigenvalue weighted by molar-refractivity contribution is -0.385. The van der Waals surface area contributed by atoms with Crippen LogP contribution in [0.5, 0.6) is 0 Å². The molecule has 5 nitrogen and oxygen atoms in total. The van der Waals surface area contributed by atoms with Gasteiger partial charge in [-0.1, -0.05) is 11.6 Å². The summed E-state index contributed by atoms with van der Waals surface area (Å²) in [6, 6.07) is 2.13. The minimum absolute atomic E-state index is 0.0276. The topological polar surface area (TPSA) is 69.4 Å². The first-order chi connectivity index (χ1) is 7.97. The quantitative estimate of drug-likeness (QED) is 0.474. The summed E-state index contributed by atoms with van der Waals surface area (Å²) >= 11 is 5.49. The SMILES string of the molecule is CCOC(=O)Cc1ccc(F)c(Cl)c1[N+](=O)[O-]. The van der Waals surface area contributed by atoms with Crippen molar-refractivity contribution in [1.29, 1.82) is 0 Å². The minimum Gasteiger partial charge on any atom is -0.466 e. The average Bonchev–Trinajstić information content (AvgIpc) is 2.23. The second kappa shape index (κ2) is 5.58. The first-order valence-corrected chi connectivity index (χ1v) is 5.12. The Balaban J connectivity index is 3.11. The van der Waals surface area contributed by atoms with Gasteiger partial charge < -0.3 is 4.74 Å². The van der Waals surface area contributed by atoms with Crippen molar-refractivity contribution < 1.29 is 18.8 Å². The van der Waals surface area contributed by atoms with Crippen LogP contribution in [0, 0.1) is 15.9 Å². The van der Waals surface area contributed by atoms with Gasteiger partial charge in [-0.15, -0.1) is 0 Å². The molecule has 0 spiro atoms. The summed E-state index contributed by atoms with van der Waals surface area (Å²) in [5.74, 6) is -1.52. The molecule has 1 aromatic rings. The first-order valence-electron chi connectivity index (χ1n) is 4.74. The number of benzene rings is 1. The van der Waals surface area contributed by atoms with E-state index in [1.165, 1.54) is 0 Å². The maximum Gasteiger partial charge on any atom is 0.310 e. The van der Waals surface area contributed by atoms with Gasteiger partial charge in [-0.05, 0) is 19.1 Å². The molecule has 0 radical (unpaired) electrons. The summed E-state index contributed by atoms with van der Waals surface area (Å²) in [6.07, 6.45) is -0.315. The smallest absolute Gasteiger partial charge is 0.310 e. The Morgan fingerprint density at radius 2 is 2.24 bits per heavy atom. The van der Waals surface area contributed by atoms with Crippen LogP contribution < -0.4 is 0 Å². The van der Waals surface area contributed by atoms with Crippen molar-refractivity contribution in [3.8, 4) is 0 Å². The molecule has 1 rings (SSSR count). The predicted molar refractivity (Wildman–Crippen MR) is 58.4 cm³/mol. The summed E-state index contributed by atoms with van der Waals surface area (Å²) in [5, 5.41) is 10.1.